The van der Waals surface area contributed by atoms with Crippen LogP contribution in [0, 0.1) is 0 Å². The molecular formula is C22H27N3O3. The zero-order chi connectivity index (χ0) is 19.8. The lowest BCUT2D eigenvalue weighted by molar-refractivity contribution is -0.116. The van der Waals surface area contributed by atoms with Crippen LogP contribution in [-0.4, -0.2) is 61.5 Å². The summed E-state index contributed by atoms with van der Waals surface area (Å²) < 4.78 is 4.71. The van der Waals surface area contributed by atoms with Gasteiger partial charge in [0.25, 0.3) is 0 Å². The number of rotatable bonds is 7. The fraction of sp³-hybridized carbons (Fsp3) is 0.364. The molecule has 1 N–H and O–H groups in total. The van der Waals surface area contributed by atoms with E-state index in [0.717, 1.165) is 39.3 Å². The SMILES string of the molecule is COC(=O)c1cccc(NC(=O)CCN2CCN(Cc3ccccc3)CC2)c1. The predicted molar refractivity (Wildman–Crippen MR) is 109 cm³/mol. The van der Waals surface area contributed by atoms with Crippen molar-refractivity contribution in [2.24, 2.45) is 0 Å². The highest BCUT2D eigenvalue weighted by Crippen LogP contribution is 2.13. The number of benzene rings is 2. The van der Waals surface area contributed by atoms with E-state index in [4.69, 9.17) is 4.74 Å². The predicted octanol–water partition coefficient (Wildman–Crippen LogP) is 2.62. The maximum atomic E-state index is 12.2. The summed E-state index contributed by atoms with van der Waals surface area (Å²) in [4.78, 5) is 28.6. The highest BCUT2D eigenvalue weighted by Gasteiger charge is 2.17. The molecule has 0 unspecified atom stereocenters. The summed E-state index contributed by atoms with van der Waals surface area (Å²) >= 11 is 0. The van der Waals surface area contributed by atoms with E-state index in [2.05, 4.69) is 39.4 Å². The van der Waals surface area contributed by atoms with Gasteiger partial charge in [0.2, 0.25) is 5.91 Å². The van der Waals surface area contributed by atoms with Crippen molar-refractivity contribution in [2.75, 3.05) is 45.2 Å². The van der Waals surface area contributed by atoms with Gasteiger partial charge in [-0.15, -0.1) is 0 Å². The molecule has 28 heavy (non-hydrogen) atoms. The zero-order valence-corrected chi connectivity index (χ0v) is 16.3. The van der Waals surface area contributed by atoms with E-state index in [9.17, 15) is 9.59 Å². The summed E-state index contributed by atoms with van der Waals surface area (Å²) in [7, 11) is 1.34. The minimum Gasteiger partial charge on any atom is -0.465 e. The molecule has 3 rings (SSSR count). The summed E-state index contributed by atoms with van der Waals surface area (Å²) in [6, 6.07) is 17.3. The molecule has 148 valence electrons. The van der Waals surface area contributed by atoms with Crippen LogP contribution in [0.25, 0.3) is 0 Å². The monoisotopic (exact) mass is 381 g/mol. The van der Waals surface area contributed by atoms with Crippen LogP contribution in [-0.2, 0) is 16.1 Å². The summed E-state index contributed by atoms with van der Waals surface area (Å²) in [6.07, 6.45) is 0.432. The Hall–Kier alpha value is -2.70. The van der Waals surface area contributed by atoms with Gasteiger partial charge in [-0.25, -0.2) is 4.79 Å². The fourth-order valence-corrected chi connectivity index (χ4v) is 3.34. The molecular weight excluding hydrogens is 354 g/mol. The second-order valence-electron chi connectivity index (χ2n) is 6.97. The first-order chi connectivity index (χ1) is 13.6. The van der Waals surface area contributed by atoms with E-state index in [1.54, 1.807) is 24.3 Å². The number of nitrogens with zero attached hydrogens (tertiary/aromatic N) is 2. The quantitative estimate of drug-likeness (QED) is 0.747. The van der Waals surface area contributed by atoms with Crippen molar-refractivity contribution < 1.29 is 14.3 Å². The summed E-state index contributed by atoms with van der Waals surface area (Å²) in [5, 5.41) is 2.86. The average molecular weight is 381 g/mol. The van der Waals surface area contributed by atoms with Crippen molar-refractivity contribution in [2.45, 2.75) is 13.0 Å². The molecule has 0 radical (unpaired) electrons. The molecule has 1 aliphatic rings. The van der Waals surface area contributed by atoms with Gasteiger partial charge in [-0.1, -0.05) is 36.4 Å². The van der Waals surface area contributed by atoms with Gasteiger partial charge in [0, 0.05) is 51.4 Å². The minimum atomic E-state index is -0.413. The van der Waals surface area contributed by atoms with Gasteiger partial charge in [-0.05, 0) is 23.8 Å². The number of methoxy groups -OCH3 is 1. The molecule has 1 heterocycles. The first kappa shape index (κ1) is 20.0. The number of ether oxygens (including phenoxy) is 1. The lowest BCUT2D eigenvalue weighted by atomic mass is 10.2. The molecule has 0 bridgehead atoms. The number of anilines is 1. The van der Waals surface area contributed by atoms with E-state index < -0.39 is 5.97 Å². The van der Waals surface area contributed by atoms with E-state index in [1.165, 1.54) is 12.7 Å². The number of hydrogen-bond acceptors (Lipinski definition) is 5. The third-order valence-corrected chi connectivity index (χ3v) is 4.94. The van der Waals surface area contributed by atoms with Gasteiger partial charge < -0.3 is 15.0 Å². The normalized spacial score (nSPS) is 15.2. The number of nitrogens with one attached hydrogen (secondary N) is 1. The smallest absolute Gasteiger partial charge is 0.337 e. The second kappa shape index (κ2) is 10.0. The number of carbonyl (C=O) groups excluding carboxylic acids is 2. The number of hydrogen-bond donors (Lipinski definition) is 1. The van der Waals surface area contributed by atoms with Crippen LogP contribution < -0.4 is 5.32 Å². The second-order valence-corrected chi connectivity index (χ2v) is 6.97. The molecule has 1 fully saturated rings. The average Bonchev–Trinajstić information content (AvgIpc) is 2.73. The molecule has 0 aliphatic carbocycles. The van der Waals surface area contributed by atoms with Crippen molar-refractivity contribution in [1.82, 2.24) is 9.80 Å². The topological polar surface area (TPSA) is 61.9 Å². The van der Waals surface area contributed by atoms with Crippen LogP contribution in [0.3, 0.4) is 0 Å². The highest BCUT2D eigenvalue weighted by molar-refractivity contribution is 5.94. The van der Waals surface area contributed by atoms with Crippen molar-refractivity contribution in [3.63, 3.8) is 0 Å². The van der Waals surface area contributed by atoms with E-state index >= 15 is 0 Å². The van der Waals surface area contributed by atoms with Gasteiger partial charge in [-0.3, -0.25) is 9.69 Å². The third kappa shape index (κ3) is 5.90. The van der Waals surface area contributed by atoms with Gasteiger partial charge in [-0.2, -0.15) is 0 Å². The molecule has 1 saturated heterocycles. The Kier molecular flexibility index (Phi) is 7.17. The number of carbonyl (C=O) groups is 2. The molecule has 6 heteroatoms. The standard InChI is InChI=1S/C22H27N3O3/c1-28-22(27)19-8-5-9-20(16-19)23-21(26)10-11-24-12-14-25(15-13-24)17-18-6-3-2-4-7-18/h2-9,16H,10-15,17H2,1H3,(H,23,26). The van der Waals surface area contributed by atoms with E-state index in [1.807, 2.05) is 6.07 Å². The van der Waals surface area contributed by atoms with Crippen LogP contribution >= 0.6 is 0 Å². The molecule has 0 atom stereocenters. The van der Waals surface area contributed by atoms with Gasteiger partial charge in [0.15, 0.2) is 0 Å². The molecule has 0 saturated carbocycles. The van der Waals surface area contributed by atoms with Gasteiger partial charge in [0.1, 0.15) is 0 Å². The first-order valence-electron chi connectivity index (χ1n) is 9.61. The number of piperazine rings is 1. The first-order valence-corrected chi connectivity index (χ1v) is 9.61. The molecule has 1 aliphatic heterocycles. The van der Waals surface area contributed by atoms with E-state index in [-0.39, 0.29) is 5.91 Å². The molecule has 0 aromatic heterocycles. The van der Waals surface area contributed by atoms with Crippen molar-refractivity contribution >= 4 is 17.6 Å². The van der Waals surface area contributed by atoms with Crippen molar-refractivity contribution in [3.05, 3.63) is 65.7 Å². The van der Waals surface area contributed by atoms with Crippen molar-refractivity contribution in [3.8, 4) is 0 Å². The maximum absolute atomic E-state index is 12.2. The van der Waals surface area contributed by atoms with Gasteiger partial charge in [0.05, 0.1) is 12.7 Å². The maximum Gasteiger partial charge on any atom is 0.337 e. The number of esters is 1. The van der Waals surface area contributed by atoms with Crippen molar-refractivity contribution in [1.29, 1.82) is 0 Å². The van der Waals surface area contributed by atoms with Crippen LogP contribution in [0.4, 0.5) is 5.69 Å². The molecule has 0 spiro atoms. The van der Waals surface area contributed by atoms with E-state index in [0.29, 0.717) is 17.7 Å². The highest BCUT2D eigenvalue weighted by atomic mass is 16.5. The Morgan fingerprint density at radius 3 is 2.39 bits per heavy atom. The Bertz CT molecular complexity index is 787. The number of amides is 1. The molecule has 6 nitrogen and oxygen atoms in total. The molecule has 1 amide bonds. The summed E-state index contributed by atoms with van der Waals surface area (Å²) in [5.74, 6) is -0.460. The minimum absolute atomic E-state index is 0.0475. The molecule has 2 aromatic carbocycles. The summed E-state index contributed by atoms with van der Waals surface area (Å²) in [6.45, 7) is 5.68. The zero-order valence-electron chi connectivity index (χ0n) is 16.3. The van der Waals surface area contributed by atoms with Crippen LogP contribution in [0.5, 0.6) is 0 Å². The Labute approximate surface area is 166 Å². The van der Waals surface area contributed by atoms with Crippen LogP contribution in [0.2, 0.25) is 0 Å². The van der Waals surface area contributed by atoms with Crippen LogP contribution in [0.1, 0.15) is 22.3 Å². The van der Waals surface area contributed by atoms with Crippen LogP contribution in [0.15, 0.2) is 54.6 Å². The third-order valence-electron chi connectivity index (χ3n) is 4.94. The Morgan fingerprint density at radius 2 is 1.68 bits per heavy atom. The largest absolute Gasteiger partial charge is 0.465 e. The van der Waals surface area contributed by atoms with Gasteiger partial charge >= 0.3 is 5.97 Å². The Balaban J connectivity index is 1.39. The summed E-state index contributed by atoms with van der Waals surface area (Å²) in [5.41, 5.74) is 2.37. The lowest BCUT2D eigenvalue weighted by Crippen LogP contribution is -2.46. The fourth-order valence-electron chi connectivity index (χ4n) is 3.34. The Morgan fingerprint density at radius 1 is 0.964 bits per heavy atom. The lowest BCUT2D eigenvalue weighted by Gasteiger charge is -2.34. The molecule has 2 aromatic rings.